The lowest BCUT2D eigenvalue weighted by atomic mass is 10.1. The predicted octanol–water partition coefficient (Wildman–Crippen LogP) is 2.45. The van der Waals surface area contributed by atoms with Crippen LogP contribution in [0, 0.1) is 0 Å². The van der Waals surface area contributed by atoms with Crippen molar-refractivity contribution in [3.8, 4) is 5.75 Å². The number of methoxy groups -OCH3 is 1. The number of carbonyl (C=O) groups is 1. The predicted molar refractivity (Wildman–Crippen MR) is 64.4 cm³/mol. The summed E-state index contributed by atoms with van der Waals surface area (Å²) in [7, 11) is 1.62. The lowest BCUT2D eigenvalue weighted by Gasteiger charge is -2.16. The van der Waals surface area contributed by atoms with Crippen LogP contribution in [-0.4, -0.2) is 13.0 Å². The second-order valence-corrected chi connectivity index (χ2v) is 3.47. The van der Waals surface area contributed by atoms with Crippen LogP contribution in [0.4, 0.5) is 0 Å². The van der Waals surface area contributed by atoms with Gasteiger partial charge in [0.05, 0.1) is 13.2 Å². The van der Waals surface area contributed by atoms with Gasteiger partial charge in [-0.25, -0.2) is 0 Å². The molecule has 0 aliphatic carbocycles. The fourth-order valence-electron chi connectivity index (χ4n) is 1.51. The number of nitrogens with one attached hydrogen (secondary N) is 1. The summed E-state index contributed by atoms with van der Waals surface area (Å²) in [6.07, 6.45) is 3.22. The van der Waals surface area contributed by atoms with Gasteiger partial charge in [-0.05, 0) is 26.0 Å². The van der Waals surface area contributed by atoms with E-state index < -0.39 is 0 Å². The molecule has 0 fully saturated rings. The molecule has 1 aromatic carbocycles. The molecule has 0 saturated heterocycles. The maximum Gasteiger partial charge on any atom is 0.244 e. The fourth-order valence-corrected chi connectivity index (χ4v) is 1.51. The molecule has 1 atom stereocenters. The molecule has 0 heterocycles. The van der Waals surface area contributed by atoms with Gasteiger partial charge in [-0.15, -0.1) is 0 Å². The Kier molecular flexibility index (Phi) is 4.58. The first-order valence-corrected chi connectivity index (χ1v) is 5.25. The Bertz CT molecular complexity index is 385. The molecule has 16 heavy (non-hydrogen) atoms. The van der Waals surface area contributed by atoms with Gasteiger partial charge in [0.2, 0.25) is 5.91 Å². The van der Waals surface area contributed by atoms with Gasteiger partial charge >= 0.3 is 0 Å². The van der Waals surface area contributed by atoms with E-state index in [2.05, 4.69) is 5.32 Å². The minimum atomic E-state index is -0.0964. The van der Waals surface area contributed by atoms with E-state index in [0.717, 1.165) is 11.3 Å². The summed E-state index contributed by atoms with van der Waals surface area (Å²) in [6, 6.07) is 7.59. The van der Waals surface area contributed by atoms with Crippen LogP contribution in [0.3, 0.4) is 0 Å². The highest BCUT2D eigenvalue weighted by atomic mass is 16.5. The molecular formula is C13H17NO2. The van der Waals surface area contributed by atoms with E-state index in [0.29, 0.717) is 0 Å². The third-order valence-corrected chi connectivity index (χ3v) is 2.28. The smallest absolute Gasteiger partial charge is 0.244 e. The number of rotatable bonds is 4. The fraction of sp³-hybridized carbons (Fsp3) is 0.308. The molecule has 0 aromatic heterocycles. The van der Waals surface area contributed by atoms with Crippen LogP contribution in [-0.2, 0) is 4.79 Å². The summed E-state index contributed by atoms with van der Waals surface area (Å²) in [6.45, 7) is 3.74. The van der Waals surface area contributed by atoms with Crippen molar-refractivity contribution < 1.29 is 9.53 Å². The van der Waals surface area contributed by atoms with E-state index in [9.17, 15) is 4.79 Å². The van der Waals surface area contributed by atoms with Crippen LogP contribution in [0.15, 0.2) is 36.4 Å². The number of allylic oxidation sites excluding steroid dienone is 1. The van der Waals surface area contributed by atoms with Crippen LogP contribution in [0.1, 0.15) is 25.5 Å². The van der Waals surface area contributed by atoms with Crippen molar-refractivity contribution >= 4 is 5.91 Å². The normalized spacial score (nSPS) is 12.4. The molecule has 3 nitrogen and oxygen atoms in total. The van der Waals surface area contributed by atoms with E-state index in [1.807, 2.05) is 38.1 Å². The summed E-state index contributed by atoms with van der Waals surface area (Å²) >= 11 is 0. The van der Waals surface area contributed by atoms with E-state index >= 15 is 0 Å². The molecule has 86 valence electrons. The average Bonchev–Trinajstić information content (AvgIpc) is 2.29. The standard InChI is InChI=1S/C13H17NO2/c1-4-7-13(15)14-10(2)11-8-5-6-9-12(11)16-3/h4-10H,1-3H3,(H,14,15). The van der Waals surface area contributed by atoms with Gasteiger partial charge in [0.1, 0.15) is 5.75 Å². The number of benzene rings is 1. The molecule has 0 spiro atoms. The first-order chi connectivity index (χ1) is 7.69. The molecule has 0 radical (unpaired) electrons. The highest BCUT2D eigenvalue weighted by Crippen LogP contribution is 2.24. The average molecular weight is 219 g/mol. The number of para-hydroxylation sites is 1. The number of ether oxygens (including phenoxy) is 1. The van der Waals surface area contributed by atoms with Gasteiger partial charge in [-0.1, -0.05) is 24.3 Å². The maximum absolute atomic E-state index is 11.4. The van der Waals surface area contributed by atoms with Crippen molar-refractivity contribution in [1.82, 2.24) is 5.32 Å². The summed E-state index contributed by atoms with van der Waals surface area (Å²) in [5.41, 5.74) is 0.975. The number of hydrogen-bond acceptors (Lipinski definition) is 2. The summed E-state index contributed by atoms with van der Waals surface area (Å²) < 4.78 is 5.24. The molecule has 1 unspecified atom stereocenters. The van der Waals surface area contributed by atoms with E-state index in [1.165, 1.54) is 6.08 Å². The van der Waals surface area contributed by atoms with Crippen molar-refractivity contribution in [3.63, 3.8) is 0 Å². The van der Waals surface area contributed by atoms with Crippen molar-refractivity contribution in [3.05, 3.63) is 42.0 Å². The van der Waals surface area contributed by atoms with Crippen molar-refractivity contribution in [1.29, 1.82) is 0 Å². The van der Waals surface area contributed by atoms with Gasteiger partial charge in [-0.3, -0.25) is 4.79 Å². The van der Waals surface area contributed by atoms with Crippen molar-refractivity contribution in [2.75, 3.05) is 7.11 Å². The van der Waals surface area contributed by atoms with Gasteiger partial charge in [-0.2, -0.15) is 0 Å². The Morgan fingerprint density at radius 2 is 2.12 bits per heavy atom. The third-order valence-electron chi connectivity index (χ3n) is 2.28. The summed E-state index contributed by atoms with van der Waals surface area (Å²) in [4.78, 5) is 11.4. The molecule has 1 rings (SSSR count). The number of carbonyl (C=O) groups excluding carboxylic acids is 1. The first kappa shape index (κ1) is 12.3. The maximum atomic E-state index is 11.4. The van der Waals surface area contributed by atoms with Crippen LogP contribution in [0.5, 0.6) is 5.75 Å². The highest BCUT2D eigenvalue weighted by molar-refractivity contribution is 5.87. The highest BCUT2D eigenvalue weighted by Gasteiger charge is 2.11. The molecule has 1 amide bonds. The van der Waals surface area contributed by atoms with E-state index in [1.54, 1.807) is 13.2 Å². The van der Waals surface area contributed by atoms with Gasteiger partial charge in [0.15, 0.2) is 0 Å². The monoisotopic (exact) mass is 219 g/mol. The van der Waals surface area contributed by atoms with Crippen LogP contribution in [0.25, 0.3) is 0 Å². The zero-order chi connectivity index (χ0) is 12.0. The van der Waals surface area contributed by atoms with Crippen molar-refractivity contribution in [2.24, 2.45) is 0 Å². The second kappa shape index (κ2) is 5.95. The Labute approximate surface area is 96.1 Å². The molecule has 1 aromatic rings. The van der Waals surface area contributed by atoms with Crippen molar-refractivity contribution in [2.45, 2.75) is 19.9 Å². The minimum Gasteiger partial charge on any atom is -0.496 e. The Morgan fingerprint density at radius 1 is 1.44 bits per heavy atom. The number of hydrogen-bond donors (Lipinski definition) is 1. The summed E-state index contributed by atoms with van der Waals surface area (Å²) in [5, 5.41) is 2.87. The van der Waals surface area contributed by atoms with Gasteiger partial charge in [0, 0.05) is 5.56 Å². The Morgan fingerprint density at radius 3 is 2.75 bits per heavy atom. The molecule has 0 bridgehead atoms. The molecule has 0 saturated carbocycles. The lowest BCUT2D eigenvalue weighted by Crippen LogP contribution is -2.24. The Balaban J connectivity index is 2.79. The molecule has 0 aliphatic heterocycles. The van der Waals surface area contributed by atoms with Crippen LogP contribution in [0.2, 0.25) is 0 Å². The molecule has 0 aliphatic rings. The first-order valence-electron chi connectivity index (χ1n) is 5.25. The third kappa shape index (κ3) is 3.12. The molecule has 1 N–H and O–H groups in total. The SMILES string of the molecule is CC=CC(=O)NC(C)c1ccccc1OC. The minimum absolute atomic E-state index is 0.0696. The number of amides is 1. The lowest BCUT2D eigenvalue weighted by molar-refractivity contribution is -0.117. The van der Waals surface area contributed by atoms with Gasteiger partial charge in [0.25, 0.3) is 0 Å². The van der Waals surface area contributed by atoms with Crippen LogP contribution >= 0.6 is 0 Å². The topological polar surface area (TPSA) is 38.3 Å². The zero-order valence-corrected chi connectivity index (χ0v) is 9.86. The second-order valence-electron chi connectivity index (χ2n) is 3.47. The largest absolute Gasteiger partial charge is 0.496 e. The van der Waals surface area contributed by atoms with E-state index in [-0.39, 0.29) is 11.9 Å². The summed E-state index contributed by atoms with van der Waals surface area (Å²) in [5.74, 6) is 0.691. The van der Waals surface area contributed by atoms with Crippen LogP contribution < -0.4 is 10.1 Å². The Hall–Kier alpha value is -1.77. The van der Waals surface area contributed by atoms with E-state index in [4.69, 9.17) is 4.74 Å². The van der Waals surface area contributed by atoms with Gasteiger partial charge < -0.3 is 10.1 Å². The zero-order valence-electron chi connectivity index (χ0n) is 9.86. The molecular weight excluding hydrogens is 202 g/mol. The molecule has 3 heteroatoms. The quantitative estimate of drug-likeness (QED) is 0.790.